The number of aliphatic hydroxyl groups is 1. The smallest absolute Gasteiger partial charge is 0.186 e. The van der Waals surface area contributed by atoms with Crippen molar-refractivity contribution in [3.63, 3.8) is 0 Å². The summed E-state index contributed by atoms with van der Waals surface area (Å²) >= 11 is 0. The fourth-order valence-corrected chi connectivity index (χ4v) is 7.51. The van der Waals surface area contributed by atoms with Gasteiger partial charge in [-0.25, -0.2) is 0 Å². The molecule has 0 aromatic heterocycles. The Bertz CT molecular complexity index is 1080. The van der Waals surface area contributed by atoms with E-state index >= 15 is 0 Å². The van der Waals surface area contributed by atoms with E-state index in [0.717, 1.165) is 42.4 Å². The third-order valence-electron chi connectivity index (χ3n) is 10.2. The fourth-order valence-electron chi connectivity index (χ4n) is 7.51. The van der Waals surface area contributed by atoms with Crippen LogP contribution in [0.3, 0.4) is 0 Å². The zero-order valence-corrected chi connectivity index (χ0v) is 20.4. The quantitative estimate of drug-likeness (QED) is 0.629. The van der Waals surface area contributed by atoms with Gasteiger partial charge in [-0.3, -0.25) is 14.4 Å². The molecule has 0 spiro atoms. The standard InChI is InChI=1S/C29H36O4/c1-17-7-5-9-21-24(32)13-19(14-27(17,21)3)29(16-30)12-11-23(31)20-15-28(4)18(2)8-6-10-22(28)26(33)25(20)29/h9-10,13,17-18,30H,5-8,11-12,14-16H2,1-4H3/t17-,18-,27+,28+,29+/m0/s1. The predicted molar refractivity (Wildman–Crippen MR) is 127 cm³/mol. The van der Waals surface area contributed by atoms with Gasteiger partial charge in [0.15, 0.2) is 17.3 Å². The van der Waals surface area contributed by atoms with Crippen LogP contribution in [0.5, 0.6) is 0 Å². The average Bonchev–Trinajstić information content (AvgIpc) is 2.77. The molecular weight excluding hydrogens is 412 g/mol. The van der Waals surface area contributed by atoms with Gasteiger partial charge < -0.3 is 5.11 Å². The van der Waals surface area contributed by atoms with Crippen LogP contribution in [-0.2, 0) is 14.4 Å². The van der Waals surface area contributed by atoms with Crippen LogP contribution in [0.15, 0.2) is 46.1 Å². The Labute approximate surface area is 196 Å². The number of Topliss-reactive ketones (excluding diaryl/α,β-unsaturated/α-hetero) is 2. The molecule has 4 nitrogen and oxygen atoms in total. The summed E-state index contributed by atoms with van der Waals surface area (Å²) in [5.74, 6) is 0.645. The molecule has 0 aromatic carbocycles. The number of carbonyl (C=O) groups is 3. The molecule has 176 valence electrons. The van der Waals surface area contributed by atoms with E-state index in [-0.39, 0.29) is 34.8 Å². The molecule has 4 heteroatoms. The molecule has 0 saturated carbocycles. The molecule has 0 unspecified atom stereocenters. The lowest BCUT2D eigenvalue weighted by Crippen LogP contribution is -2.49. The summed E-state index contributed by atoms with van der Waals surface area (Å²) in [5.41, 5.74) is 2.09. The summed E-state index contributed by atoms with van der Waals surface area (Å²) in [6.07, 6.45) is 11.6. The highest BCUT2D eigenvalue weighted by molar-refractivity contribution is 6.18. The van der Waals surface area contributed by atoms with Crippen molar-refractivity contribution in [1.29, 1.82) is 0 Å². The highest BCUT2D eigenvalue weighted by Crippen LogP contribution is 2.60. The van der Waals surface area contributed by atoms with Crippen LogP contribution in [0.2, 0.25) is 0 Å². The number of fused-ring (bicyclic) bond motifs is 2. The van der Waals surface area contributed by atoms with Crippen LogP contribution >= 0.6 is 0 Å². The third-order valence-corrected chi connectivity index (χ3v) is 10.2. The molecule has 5 atom stereocenters. The number of aliphatic hydroxyl groups excluding tert-OH is 1. The normalized spacial score (nSPS) is 41.0. The van der Waals surface area contributed by atoms with Crippen LogP contribution < -0.4 is 0 Å². The molecule has 0 amide bonds. The van der Waals surface area contributed by atoms with Gasteiger partial charge in [-0.05, 0) is 62.9 Å². The Kier molecular flexibility index (Phi) is 5.14. The predicted octanol–water partition coefficient (Wildman–Crippen LogP) is 5.22. The minimum Gasteiger partial charge on any atom is -0.395 e. The maximum atomic E-state index is 14.1. The van der Waals surface area contributed by atoms with Crippen LogP contribution in [0.25, 0.3) is 0 Å². The van der Waals surface area contributed by atoms with Crippen LogP contribution in [0.4, 0.5) is 0 Å². The summed E-state index contributed by atoms with van der Waals surface area (Å²) in [7, 11) is 0. The number of hydrogen-bond donors (Lipinski definition) is 1. The molecule has 0 bridgehead atoms. The van der Waals surface area contributed by atoms with E-state index in [2.05, 4.69) is 39.8 Å². The van der Waals surface area contributed by atoms with E-state index in [1.807, 2.05) is 0 Å². The van der Waals surface area contributed by atoms with Gasteiger partial charge in [-0.1, -0.05) is 45.4 Å². The largest absolute Gasteiger partial charge is 0.395 e. The number of hydrogen-bond acceptors (Lipinski definition) is 4. The van der Waals surface area contributed by atoms with Gasteiger partial charge in [-0.2, -0.15) is 0 Å². The first kappa shape index (κ1) is 22.7. The van der Waals surface area contributed by atoms with Gasteiger partial charge in [0.1, 0.15) is 0 Å². The van der Waals surface area contributed by atoms with Crippen LogP contribution in [0.1, 0.15) is 79.1 Å². The minimum atomic E-state index is -0.940. The fraction of sp³-hybridized carbons (Fsp3) is 0.621. The lowest BCUT2D eigenvalue weighted by atomic mass is 9.50. The van der Waals surface area contributed by atoms with E-state index in [4.69, 9.17) is 0 Å². The molecule has 0 heterocycles. The van der Waals surface area contributed by atoms with Gasteiger partial charge in [0.25, 0.3) is 0 Å². The van der Waals surface area contributed by atoms with E-state index < -0.39 is 5.41 Å². The van der Waals surface area contributed by atoms with Crippen molar-refractivity contribution in [3.8, 4) is 0 Å². The first-order valence-corrected chi connectivity index (χ1v) is 12.7. The molecule has 0 aliphatic heterocycles. The van der Waals surface area contributed by atoms with Crippen LogP contribution in [0, 0.1) is 28.1 Å². The van der Waals surface area contributed by atoms with E-state index in [0.29, 0.717) is 48.7 Å². The number of rotatable bonds is 2. The number of carbonyl (C=O) groups excluding carboxylic acids is 3. The topological polar surface area (TPSA) is 71.4 Å². The van der Waals surface area contributed by atoms with Gasteiger partial charge >= 0.3 is 0 Å². The lowest BCUT2D eigenvalue weighted by Gasteiger charge is -2.52. The van der Waals surface area contributed by atoms with Crippen molar-refractivity contribution in [2.24, 2.45) is 28.1 Å². The Morgan fingerprint density at radius 3 is 2.18 bits per heavy atom. The zero-order valence-electron chi connectivity index (χ0n) is 20.4. The summed E-state index contributed by atoms with van der Waals surface area (Å²) in [6, 6.07) is 0. The molecule has 1 N–H and O–H groups in total. The third kappa shape index (κ3) is 2.95. The van der Waals surface area contributed by atoms with Crippen molar-refractivity contribution in [2.45, 2.75) is 79.1 Å². The van der Waals surface area contributed by atoms with Crippen molar-refractivity contribution in [3.05, 3.63) is 46.1 Å². The minimum absolute atomic E-state index is 0.00998. The Balaban J connectivity index is 1.69. The average molecular weight is 449 g/mol. The lowest BCUT2D eigenvalue weighted by molar-refractivity contribution is -0.122. The van der Waals surface area contributed by atoms with Gasteiger partial charge in [0.2, 0.25) is 0 Å². The van der Waals surface area contributed by atoms with Gasteiger partial charge in [-0.15, -0.1) is 0 Å². The summed E-state index contributed by atoms with van der Waals surface area (Å²) in [5, 5.41) is 10.9. The Morgan fingerprint density at radius 2 is 1.55 bits per heavy atom. The molecule has 5 rings (SSSR count). The Hall–Kier alpha value is -2.07. The first-order chi connectivity index (χ1) is 15.6. The van der Waals surface area contributed by atoms with Crippen molar-refractivity contribution in [2.75, 3.05) is 6.61 Å². The summed E-state index contributed by atoms with van der Waals surface area (Å²) in [6.45, 7) is 8.42. The highest BCUT2D eigenvalue weighted by atomic mass is 16.3. The maximum absolute atomic E-state index is 14.1. The second-order valence-corrected chi connectivity index (χ2v) is 11.8. The second-order valence-electron chi connectivity index (χ2n) is 11.8. The van der Waals surface area contributed by atoms with E-state index in [1.165, 1.54) is 0 Å². The maximum Gasteiger partial charge on any atom is 0.186 e. The Morgan fingerprint density at radius 1 is 0.939 bits per heavy atom. The molecule has 5 aliphatic carbocycles. The zero-order chi connectivity index (χ0) is 23.8. The molecule has 0 saturated heterocycles. The molecular formula is C29H36O4. The SMILES string of the molecule is C[C@H]1CCC=C2C(=O)C=C([C@]3(CO)CCC(=O)C4=C3C(=O)C3=CCC[C@H](C)[C@@]3(C)C4)C[C@@]21C. The first-order valence-electron chi connectivity index (χ1n) is 12.7. The van der Waals surface area contributed by atoms with E-state index in [9.17, 15) is 19.5 Å². The molecule has 5 aliphatic rings. The van der Waals surface area contributed by atoms with Gasteiger partial charge in [0, 0.05) is 45.0 Å². The molecule has 0 radical (unpaired) electrons. The van der Waals surface area contributed by atoms with Crippen molar-refractivity contribution >= 4 is 17.3 Å². The molecule has 0 fully saturated rings. The molecule has 33 heavy (non-hydrogen) atoms. The van der Waals surface area contributed by atoms with Crippen molar-refractivity contribution in [1.82, 2.24) is 0 Å². The van der Waals surface area contributed by atoms with Gasteiger partial charge in [0.05, 0.1) is 6.61 Å². The van der Waals surface area contributed by atoms with E-state index in [1.54, 1.807) is 6.08 Å². The highest BCUT2D eigenvalue weighted by Gasteiger charge is 2.56. The number of allylic oxidation sites excluding steroid dienone is 6. The monoisotopic (exact) mass is 448 g/mol. The number of ketones is 3. The molecule has 0 aromatic rings. The summed E-state index contributed by atoms with van der Waals surface area (Å²) < 4.78 is 0. The summed E-state index contributed by atoms with van der Waals surface area (Å²) in [4.78, 5) is 40.6. The van der Waals surface area contributed by atoms with Crippen LogP contribution in [-0.4, -0.2) is 29.1 Å². The van der Waals surface area contributed by atoms with Crippen molar-refractivity contribution < 1.29 is 19.5 Å². The second kappa shape index (κ2) is 7.46.